The molecule has 1 aromatic heterocycles. The fraction of sp³-hybridized carbons (Fsp3) is 0.391. The van der Waals surface area contributed by atoms with E-state index in [1.807, 2.05) is 35.2 Å². The van der Waals surface area contributed by atoms with Crippen LogP contribution in [0.1, 0.15) is 17.7 Å². The zero-order valence-electron chi connectivity index (χ0n) is 16.6. The number of furan rings is 1. The van der Waals surface area contributed by atoms with Crippen molar-refractivity contribution in [3.63, 3.8) is 0 Å². The highest BCUT2D eigenvalue weighted by atomic mass is 16.3. The minimum Gasteiger partial charge on any atom is -0.467 e. The van der Waals surface area contributed by atoms with Crippen LogP contribution in [-0.4, -0.2) is 65.8 Å². The molecule has 2 aromatic rings. The normalized spacial score (nSPS) is 20.7. The summed E-state index contributed by atoms with van der Waals surface area (Å²) in [4.78, 5) is 31.2. The smallest absolute Gasteiger partial charge is 0.228 e. The summed E-state index contributed by atoms with van der Waals surface area (Å²) < 4.78 is 5.33. The number of hydrogen-bond acceptors (Lipinski definition) is 4. The zero-order chi connectivity index (χ0) is 20.1. The number of likely N-dealkylation sites (tertiary alicyclic amines) is 1. The molecule has 2 fully saturated rings. The summed E-state index contributed by atoms with van der Waals surface area (Å²) in [5.74, 6) is 0.662. The Kier molecular flexibility index (Phi) is 6.10. The fourth-order valence-corrected chi connectivity index (χ4v) is 3.99. The van der Waals surface area contributed by atoms with Gasteiger partial charge in [0.1, 0.15) is 5.76 Å². The molecule has 152 valence electrons. The first kappa shape index (κ1) is 19.5. The summed E-state index contributed by atoms with van der Waals surface area (Å²) in [6.45, 7) is 4.98. The summed E-state index contributed by atoms with van der Waals surface area (Å²) in [6.07, 6.45) is 6.22. The van der Waals surface area contributed by atoms with Crippen molar-refractivity contribution in [1.82, 2.24) is 14.7 Å². The standard InChI is InChI=1S/C23H27N3O3/c27-22-16-20(17-26(22)18-21-9-5-15-29-21)23(28)25-13-11-24(12-14-25)10-4-8-19-6-2-1-3-7-19/h1-9,15,20H,10-14,16-18H2. The van der Waals surface area contributed by atoms with E-state index in [4.69, 9.17) is 4.42 Å². The number of hydrogen-bond donors (Lipinski definition) is 0. The Labute approximate surface area is 171 Å². The van der Waals surface area contributed by atoms with E-state index >= 15 is 0 Å². The Bertz CT molecular complexity index is 840. The summed E-state index contributed by atoms with van der Waals surface area (Å²) >= 11 is 0. The van der Waals surface area contributed by atoms with Crippen LogP contribution in [0.15, 0.2) is 59.2 Å². The Balaban J connectivity index is 1.23. The lowest BCUT2D eigenvalue weighted by atomic mass is 10.1. The van der Waals surface area contributed by atoms with Gasteiger partial charge in [0.2, 0.25) is 11.8 Å². The second kappa shape index (κ2) is 9.09. The quantitative estimate of drug-likeness (QED) is 0.757. The van der Waals surface area contributed by atoms with Crippen molar-refractivity contribution in [2.75, 3.05) is 39.3 Å². The van der Waals surface area contributed by atoms with Gasteiger partial charge >= 0.3 is 0 Å². The van der Waals surface area contributed by atoms with Crippen molar-refractivity contribution >= 4 is 17.9 Å². The maximum atomic E-state index is 12.9. The van der Waals surface area contributed by atoms with Gasteiger partial charge < -0.3 is 14.2 Å². The molecular weight excluding hydrogens is 366 g/mol. The third-order valence-corrected chi connectivity index (χ3v) is 5.65. The average molecular weight is 393 g/mol. The summed E-state index contributed by atoms with van der Waals surface area (Å²) in [5.41, 5.74) is 1.20. The molecule has 2 aliphatic rings. The van der Waals surface area contributed by atoms with E-state index < -0.39 is 0 Å². The summed E-state index contributed by atoms with van der Waals surface area (Å²) in [6, 6.07) is 13.9. The van der Waals surface area contributed by atoms with Gasteiger partial charge in [0.05, 0.1) is 18.7 Å². The second-order valence-corrected chi connectivity index (χ2v) is 7.69. The highest BCUT2D eigenvalue weighted by Crippen LogP contribution is 2.23. The van der Waals surface area contributed by atoms with Gasteiger partial charge in [0.15, 0.2) is 0 Å². The van der Waals surface area contributed by atoms with Crippen LogP contribution < -0.4 is 0 Å². The third kappa shape index (κ3) is 4.95. The lowest BCUT2D eigenvalue weighted by Crippen LogP contribution is -2.50. The first-order chi connectivity index (χ1) is 14.2. The van der Waals surface area contributed by atoms with Crippen LogP contribution in [0, 0.1) is 5.92 Å². The van der Waals surface area contributed by atoms with Crippen molar-refractivity contribution in [1.29, 1.82) is 0 Å². The first-order valence-corrected chi connectivity index (χ1v) is 10.2. The van der Waals surface area contributed by atoms with E-state index in [2.05, 4.69) is 29.2 Å². The van der Waals surface area contributed by atoms with E-state index in [9.17, 15) is 9.59 Å². The molecule has 0 spiro atoms. The van der Waals surface area contributed by atoms with Crippen molar-refractivity contribution in [2.45, 2.75) is 13.0 Å². The monoisotopic (exact) mass is 393 g/mol. The molecule has 2 amide bonds. The fourth-order valence-electron chi connectivity index (χ4n) is 3.99. The molecule has 0 bridgehead atoms. The molecule has 6 heteroatoms. The van der Waals surface area contributed by atoms with Crippen molar-refractivity contribution < 1.29 is 14.0 Å². The molecule has 0 aliphatic carbocycles. The maximum Gasteiger partial charge on any atom is 0.228 e. The van der Waals surface area contributed by atoms with Gasteiger partial charge in [-0.05, 0) is 17.7 Å². The van der Waals surface area contributed by atoms with Crippen molar-refractivity contribution in [3.05, 3.63) is 66.1 Å². The minimum atomic E-state index is -0.234. The number of nitrogens with zero attached hydrogens (tertiary/aromatic N) is 3. The Morgan fingerprint density at radius 1 is 1.07 bits per heavy atom. The second-order valence-electron chi connectivity index (χ2n) is 7.69. The van der Waals surface area contributed by atoms with Gasteiger partial charge in [-0.3, -0.25) is 14.5 Å². The largest absolute Gasteiger partial charge is 0.467 e. The average Bonchev–Trinajstić information content (AvgIpc) is 3.39. The number of rotatable bonds is 6. The minimum absolute atomic E-state index is 0.0319. The van der Waals surface area contributed by atoms with Gasteiger partial charge in [0, 0.05) is 45.7 Å². The predicted molar refractivity (Wildman–Crippen MR) is 111 cm³/mol. The van der Waals surface area contributed by atoms with Crippen LogP contribution in [0.25, 0.3) is 6.08 Å². The predicted octanol–water partition coefficient (Wildman–Crippen LogP) is 2.49. The van der Waals surface area contributed by atoms with Gasteiger partial charge in [-0.1, -0.05) is 42.5 Å². The van der Waals surface area contributed by atoms with Crippen LogP contribution in [-0.2, 0) is 16.1 Å². The molecule has 29 heavy (non-hydrogen) atoms. The lowest BCUT2D eigenvalue weighted by molar-refractivity contribution is -0.137. The van der Waals surface area contributed by atoms with Crippen molar-refractivity contribution in [3.8, 4) is 0 Å². The molecule has 3 heterocycles. The molecule has 0 radical (unpaired) electrons. The molecule has 6 nitrogen and oxygen atoms in total. The Hall–Kier alpha value is -2.86. The molecule has 1 aromatic carbocycles. The molecule has 0 saturated carbocycles. The Morgan fingerprint density at radius 2 is 1.86 bits per heavy atom. The van der Waals surface area contributed by atoms with Crippen LogP contribution in [0.3, 0.4) is 0 Å². The molecule has 1 atom stereocenters. The van der Waals surface area contributed by atoms with Crippen LogP contribution in [0.2, 0.25) is 0 Å². The molecule has 2 aliphatic heterocycles. The van der Waals surface area contributed by atoms with Crippen LogP contribution in [0.5, 0.6) is 0 Å². The van der Waals surface area contributed by atoms with Crippen LogP contribution >= 0.6 is 0 Å². The molecule has 4 rings (SSSR count). The maximum absolute atomic E-state index is 12.9. The number of piperazine rings is 1. The molecular formula is C23H27N3O3. The third-order valence-electron chi connectivity index (χ3n) is 5.65. The van der Waals surface area contributed by atoms with E-state index in [-0.39, 0.29) is 17.7 Å². The van der Waals surface area contributed by atoms with E-state index in [1.165, 1.54) is 5.56 Å². The van der Waals surface area contributed by atoms with Crippen molar-refractivity contribution in [2.24, 2.45) is 5.92 Å². The molecule has 1 unspecified atom stereocenters. The number of carbonyl (C=O) groups excluding carboxylic acids is 2. The topological polar surface area (TPSA) is 57.0 Å². The van der Waals surface area contributed by atoms with Gasteiger partial charge in [-0.15, -0.1) is 0 Å². The van der Waals surface area contributed by atoms with Crippen LogP contribution in [0.4, 0.5) is 0 Å². The van der Waals surface area contributed by atoms with Gasteiger partial charge in [-0.25, -0.2) is 0 Å². The number of amides is 2. The van der Waals surface area contributed by atoms with E-state index in [1.54, 1.807) is 11.2 Å². The zero-order valence-corrected chi connectivity index (χ0v) is 16.6. The summed E-state index contributed by atoms with van der Waals surface area (Å²) in [5, 5.41) is 0. The number of benzene rings is 1. The highest BCUT2D eigenvalue weighted by Gasteiger charge is 2.37. The van der Waals surface area contributed by atoms with E-state index in [0.29, 0.717) is 19.5 Å². The van der Waals surface area contributed by atoms with Gasteiger partial charge in [0.25, 0.3) is 0 Å². The number of carbonyl (C=O) groups is 2. The first-order valence-electron chi connectivity index (χ1n) is 10.2. The highest BCUT2D eigenvalue weighted by molar-refractivity contribution is 5.89. The lowest BCUT2D eigenvalue weighted by Gasteiger charge is -2.35. The summed E-state index contributed by atoms with van der Waals surface area (Å²) in [7, 11) is 0. The SMILES string of the molecule is O=C1CC(C(=O)N2CCN(CC=Cc3ccccc3)CC2)CN1Cc1ccco1. The van der Waals surface area contributed by atoms with E-state index in [0.717, 1.165) is 38.5 Å². The van der Waals surface area contributed by atoms with Gasteiger partial charge in [-0.2, -0.15) is 0 Å². The molecule has 0 N–H and O–H groups in total. The Morgan fingerprint density at radius 3 is 2.59 bits per heavy atom. The molecule has 2 saturated heterocycles.